The van der Waals surface area contributed by atoms with Gasteiger partial charge in [-0.25, -0.2) is 13.4 Å². The van der Waals surface area contributed by atoms with Crippen LogP contribution in [-0.4, -0.2) is 67.8 Å². The van der Waals surface area contributed by atoms with E-state index in [0.29, 0.717) is 30.3 Å². The second-order valence-electron chi connectivity index (χ2n) is 9.06. The molecule has 0 spiro atoms. The highest BCUT2D eigenvalue weighted by Gasteiger charge is 2.25. The summed E-state index contributed by atoms with van der Waals surface area (Å²) in [4.78, 5) is 22.8. The molecule has 0 bridgehead atoms. The van der Waals surface area contributed by atoms with Gasteiger partial charge in [0.2, 0.25) is 10.0 Å². The molecule has 37 heavy (non-hydrogen) atoms. The largest absolute Gasteiger partial charge is 0.302 e. The molecular formula is C28H40N4O3S2. The van der Waals surface area contributed by atoms with E-state index in [4.69, 9.17) is 4.98 Å². The Hall–Kier alpha value is -2.33. The summed E-state index contributed by atoms with van der Waals surface area (Å²) in [7, 11) is -3.60. The minimum Gasteiger partial charge on any atom is -0.302 e. The summed E-state index contributed by atoms with van der Waals surface area (Å²) in [5.41, 5.74) is 2.57. The van der Waals surface area contributed by atoms with E-state index in [0.717, 1.165) is 49.1 Å². The van der Waals surface area contributed by atoms with Crippen LogP contribution in [0.15, 0.2) is 47.4 Å². The number of benzene rings is 2. The van der Waals surface area contributed by atoms with Crippen LogP contribution in [0.4, 0.5) is 5.13 Å². The molecule has 0 unspecified atom stereocenters. The summed E-state index contributed by atoms with van der Waals surface area (Å²) < 4.78 is 28.9. The fourth-order valence-electron chi connectivity index (χ4n) is 4.28. The maximum absolute atomic E-state index is 13.7. The van der Waals surface area contributed by atoms with Gasteiger partial charge in [0, 0.05) is 31.7 Å². The lowest BCUT2D eigenvalue weighted by Crippen LogP contribution is -2.39. The molecule has 2 aromatic carbocycles. The highest BCUT2D eigenvalue weighted by molar-refractivity contribution is 7.89. The van der Waals surface area contributed by atoms with Crippen LogP contribution in [0.3, 0.4) is 0 Å². The Morgan fingerprint density at radius 3 is 2.08 bits per heavy atom. The second kappa shape index (κ2) is 13.5. The number of hydrogen-bond donors (Lipinski definition) is 0. The van der Waals surface area contributed by atoms with Crippen molar-refractivity contribution in [3.8, 4) is 0 Å². The van der Waals surface area contributed by atoms with Gasteiger partial charge < -0.3 is 4.90 Å². The number of aryl methyl sites for hydroxylation is 1. The lowest BCUT2D eigenvalue weighted by atomic mass is 10.2. The van der Waals surface area contributed by atoms with E-state index in [1.165, 1.54) is 21.2 Å². The number of carbonyl (C=O) groups excluding carboxylic acids is 1. The number of hydrogen-bond acceptors (Lipinski definition) is 6. The van der Waals surface area contributed by atoms with Crippen molar-refractivity contribution in [3.05, 3.63) is 53.6 Å². The van der Waals surface area contributed by atoms with Crippen LogP contribution in [-0.2, 0) is 16.4 Å². The van der Waals surface area contributed by atoms with E-state index in [1.54, 1.807) is 29.2 Å². The SMILES string of the molecule is CCCN(CCC)S(=O)(=O)c1ccc(C(=O)N(CCN(CC)CC)c2nc3ccc(CC)cc3s2)cc1. The molecule has 3 rings (SSSR count). The minimum absolute atomic E-state index is 0.176. The van der Waals surface area contributed by atoms with Crippen molar-refractivity contribution in [2.24, 2.45) is 0 Å². The Morgan fingerprint density at radius 2 is 1.51 bits per heavy atom. The van der Waals surface area contributed by atoms with Gasteiger partial charge in [0.05, 0.1) is 15.1 Å². The van der Waals surface area contributed by atoms with Gasteiger partial charge in [0.15, 0.2) is 5.13 Å². The molecule has 0 aliphatic rings. The Labute approximate surface area is 226 Å². The van der Waals surface area contributed by atoms with Crippen LogP contribution in [0.25, 0.3) is 10.2 Å². The highest BCUT2D eigenvalue weighted by atomic mass is 32.2. The number of fused-ring (bicyclic) bond motifs is 1. The zero-order chi connectivity index (χ0) is 27.0. The molecule has 0 fully saturated rings. The Bertz CT molecular complexity index is 1260. The third-order valence-electron chi connectivity index (χ3n) is 6.55. The van der Waals surface area contributed by atoms with Gasteiger partial charge in [-0.05, 0) is 74.3 Å². The maximum atomic E-state index is 13.7. The predicted molar refractivity (Wildman–Crippen MR) is 154 cm³/mol. The normalized spacial score (nSPS) is 12.1. The van der Waals surface area contributed by atoms with E-state index >= 15 is 0 Å². The topological polar surface area (TPSA) is 73.8 Å². The Morgan fingerprint density at radius 1 is 0.865 bits per heavy atom. The minimum atomic E-state index is -3.60. The average Bonchev–Trinajstić information content (AvgIpc) is 3.33. The fraction of sp³-hybridized carbons (Fsp3) is 0.500. The van der Waals surface area contributed by atoms with Crippen molar-refractivity contribution in [1.82, 2.24) is 14.2 Å². The lowest BCUT2D eigenvalue weighted by Gasteiger charge is -2.25. The molecule has 1 heterocycles. The number of sulfonamides is 1. The molecule has 9 heteroatoms. The first-order valence-corrected chi connectivity index (χ1v) is 15.6. The van der Waals surface area contributed by atoms with Gasteiger partial charge in [-0.15, -0.1) is 0 Å². The van der Waals surface area contributed by atoms with Gasteiger partial charge in [-0.3, -0.25) is 9.69 Å². The zero-order valence-electron chi connectivity index (χ0n) is 22.7. The van der Waals surface area contributed by atoms with Crippen LogP contribution in [0.2, 0.25) is 0 Å². The van der Waals surface area contributed by atoms with Crippen molar-refractivity contribution in [1.29, 1.82) is 0 Å². The van der Waals surface area contributed by atoms with E-state index in [9.17, 15) is 13.2 Å². The van der Waals surface area contributed by atoms with Crippen molar-refractivity contribution >= 4 is 42.6 Å². The molecule has 0 aliphatic carbocycles. The van der Waals surface area contributed by atoms with Crippen LogP contribution >= 0.6 is 11.3 Å². The Balaban J connectivity index is 1.93. The molecule has 3 aromatic rings. The molecule has 0 N–H and O–H groups in total. The Kier molecular flexibility index (Phi) is 10.6. The van der Waals surface area contributed by atoms with E-state index < -0.39 is 10.0 Å². The van der Waals surface area contributed by atoms with Crippen LogP contribution in [0.1, 0.15) is 63.4 Å². The quantitative estimate of drug-likeness (QED) is 0.262. The summed E-state index contributed by atoms with van der Waals surface area (Å²) in [5, 5.41) is 0.661. The first-order chi connectivity index (χ1) is 17.8. The number of carbonyl (C=O) groups is 1. The standard InChI is InChI=1S/C28H40N4O3S2/c1-6-17-31(18-7-2)37(34,35)24-14-12-23(13-15-24)27(33)32(20-19-30(9-4)10-5)28-29-25-16-11-22(8-3)21-26(25)36-28/h11-16,21H,6-10,17-20H2,1-5H3. The van der Waals surface area contributed by atoms with Gasteiger partial charge in [-0.2, -0.15) is 4.31 Å². The number of rotatable bonds is 14. The lowest BCUT2D eigenvalue weighted by molar-refractivity contribution is 0.0983. The number of anilines is 1. The van der Waals surface area contributed by atoms with E-state index in [-0.39, 0.29) is 10.8 Å². The first kappa shape index (κ1) is 29.2. The monoisotopic (exact) mass is 544 g/mol. The van der Waals surface area contributed by atoms with Gasteiger partial charge in [0.25, 0.3) is 5.91 Å². The predicted octanol–water partition coefficient (Wildman–Crippen LogP) is 5.66. The summed E-state index contributed by atoms with van der Waals surface area (Å²) in [6, 6.07) is 12.6. The molecule has 0 saturated carbocycles. The smallest absolute Gasteiger partial charge is 0.260 e. The molecule has 1 amide bonds. The fourth-order valence-corrected chi connectivity index (χ4v) is 6.96. The van der Waals surface area contributed by atoms with Crippen LogP contribution < -0.4 is 4.90 Å². The average molecular weight is 545 g/mol. The number of aromatic nitrogens is 1. The van der Waals surface area contributed by atoms with Gasteiger partial charge in [-0.1, -0.05) is 52.0 Å². The van der Waals surface area contributed by atoms with Crippen molar-refractivity contribution < 1.29 is 13.2 Å². The third-order valence-corrected chi connectivity index (χ3v) is 9.50. The number of thiazole rings is 1. The number of likely N-dealkylation sites (N-methyl/N-ethyl adjacent to an activating group) is 1. The molecule has 0 aliphatic heterocycles. The molecule has 202 valence electrons. The summed E-state index contributed by atoms with van der Waals surface area (Å²) in [5.74, 6) is -0.176. The van der Waals surface area contributed by atoms with Crippen LogP contribution in [0.5, 0.6) is 0 Å². The number of nitrogens with zero attached hydrogens (tertiary/aromatic N) is 4. The zero-order valence-corrected chi connectivity index (χ0v) is 24.4. The van der Waals surface area contributed by atoms with Gasteiger partial charge >= 0.3 is 0 Å². The maximum Gasteiger partial charge on any atom is 0.260 e. The van der Waals surface area contributed by atoms with E-state index in [1.807, 2.05) is 19.9 Å². The van der Waals surface area contributed by atoms with Crippen molar-refractivity contribution in [2.75, 3.05) is 44.2 Å². The molecular weight excluding hydrogens is 504 g/mol. The first-order valence-electron chi connectivity index (χ1n) is 13.3. The molecule has 1 aromatic heterocycles. The van der Waals surface area contributed by atoms with Gasteiger partial charge in [0.1, 0.15) is 0 Å². The molecule has 0 atom stereocenters. The van der Waals surface area contributed by atoms with Crippen LogP contribution in [0, 0.1) is 0 Å². The summed E-state index contributed by atoms with van der Waals surface area (Å²) >= 11 is 1.52. The number of amides is 1. The third kappa shape index (κ3) is 6.96. The van der Waals surface area contributed by atoms with Crippen molar-refractivity contribution in [2.45, 2.75) is 58.8 Å². The van der Waals surface area contributed by atoms with E-state index in [2.05, 4.69) is 37.8 Å². The highest BCUT2D eigenvalue weighted by Crippen LogP contribution is 2.31. The molecule has 0 radical (unpaired) electrons. The van der Waals surface area contributed by atoms with Crippen molar-refractivity contribution in [3.63, 3.8) is 0 Å². The molecule has 0 saturated heterocycles. The summed E-state index contributed by atoms with van der Waals surface area (Å²) in [6.07, 6.45) is 2.44. The molecule has 7 nitrogen and oxygen atoms in total. The second-order valence-corrected chi connectivity index (χ2v) is 12.0. The summed E-state index contributed by atoms with van der Waals surface area (Å²) in [6.45, 7) is 14.3.